The lowest BCUT2D eigenvalue weighted by Crippen LogP contribution is -2.45. The van der Waals surface area contributed by atoms with Crippen molar-refractivity contribution in [3.8, 4) is 6.07 Å². The molecule has 0 heterocycles. The molecule has 0 saturated heterocycles. The van der Waals surface area contributed by atoms with E-state index in [1.54, 1.807) is 0 Å². The maximum Gasteiger partial charge on any atom is 0.401 e. The second-order valence-electron chi connectivity index (χ2n) is 5.55. The van der Waals surface area contributed by atoms with E-state index in [4.69, 9.17) is 5.26 Å². The summed E-state index contributed by atoms with van der Waals surface area (Å²) in [5, 5.41) is 12.3. The van der Waals surface area contributed by atoms with Gasteiger partial charge in [0.05, 0.1) is 12.6 Å². The average molecular weight is 279 g/mol. The zero-order chi connectivity index (χ0) is 15.1. The Hall–Kier alpha value is -0.800. The largest absolute Gasteiger partial charge is 0.401 e. The lowest BCUT2D eigenvalue weighted by Gasteiger charge is -2.26. The van der Waals surface area contributed by atoms with Crippen LogP contribution in [-0.2, 0) is 0 Å². The molecule has 0 spiro atoms. The molecule has 0 aromatic heterocycles. The smallest absolute Gasteiger partial charge is 0.298 e. The second kappa shape index (κ2) is 7.71. The first-order valence-electron chi connectivity index (χ1n) is 6.52. The topological polar surface area (TPSA) is 39.1 Å². The van der Waals surface area contributed by atoms with Crippen LogP contribution >= 0.6 is 0 Å². The molecule has 1 unspecified atom stereocenters. The normalized spacial score (nSPS) is 15.6. The Balaban J connectivity index is 3.93. The summed E-state index contributed by atoms with van der Waals surface area (Å²) in [5.74, 6) is 0. The molecule has 0 saturated carbocycles. The Morgan fingerprint density at radius 2 is 1.84 bits per heavy atom. The number of unbranched alkanes of at least 4 members (excludes halogenated alkanes) is 1. The number of nitrogens with zero attached hydrogens (tertiary/aromatic N) is 2. The molecular weight excluding hydrogens is 255 g/mol. The fourth-order valence-corrected chi connectivity index (χ4v) is 2.04. The molecule has 0 aromatic rings. The lowest BCUT2D eigenvalue weighted by atomic mass is 9.95. The zero-order valence-corrected chi connectivity index (χ0v) is 12.1. The molecule has 0 bridgehead atoms. The number of hydrogen-bond donors (Lipinski definition) is 1. The fraction of sp³-hybridized carbons (Fsp3) is 0.923. The van der Waals surface area contributed by atoms with Crippen molar-refractivity contribution in [3.05, 3.63) is 0 Å². The van der Waals surface area contributed by atoms with E-state index in [1.165, 1.54) is 11.9 Å². The summed E-state index contributed by atoms with van der Waals surface area (Å²) >= 11 is 0. The number of halogens is 3. The van der Waals surface area contributed by atoms with Gasteiger partial charge in [0.1, 0.15) is 5.54 Å². The van der Waals surface area contributed by atoms with Crippen LogP contribution in [-0.4, -0.2) is 42.8 Å². The van der Waals surface area contributed by atoms with Gasteiger partial charge in [0, 0.05) is 6.04 Å². The maximum atomic E-state index is 12.1. The summed E-state index contributed by atoms with van der Waals surface area (Å²) in [6.45, 7) is 5.27. The van der Waals surface area contributed by atoms with Crippen molar-refractivity contribution >= 4 is 0 Å². The Morgan fingerprint density at radius 1 is 1.26 bits per heavy atom. The van der Waals surface area contributed by atoms with Crippen molar-refractivity contribution in [2.24, 2.45) is 0 Å². The minimum Gasteiger partial charge on any atom is -0.298 e. The third-order valence-electron chi connectivity index (χ3n) is 2.77. The van der Waals surface area contributed by atoms with Crippen molar-refractivity contribution in [1.29, 1.82) is 5.26 Å². The number of rotatable bonds is 8. The predicted molar refractivity (Wildman–Crippen MR) is 69.7 cm³/mol. The summed E-state index contributed by atoms with van der Waals surface area (Å²) in [6.07, 6.45) is -2.12. The molecule has 19 heavy (non-hydrogen) atoms. The maximum absolute atomic E-state index is 12.1. The molecule has 0 aliphatic carbocycles. The standard InChI is InChI=1S/C13H24F3N3/c1-11(2)18-12(3,9-17)7-5-6-8-19(4)10-13(14,15)16/h11,18H,5-8,10H2,1-4H3. The predicted octanol–water partition coefficient (Wildman–Crippen LogP) is 2.93. The van der Waals surface area contributed by atoms with Crippen molar-refractivity contribution in [2.45, 2.75) is 57.8 Å². The molecule has 6 heteroatoms. The van der Waals surface area contributed by atoms with Crippen LogP contribution < -0.4 is 5.32 Å². The highest BCUT2D eigenvalue weighted by Crippen LogP contribution is 2.17. The van der Waals surface area contributed by atoms with Gasteiger partial charge < -0.3 is 0 Å². The molecular formula is C13H24F3N3. The first-order valence-corrected chi connectivity index (χ1v) is 6.52. The van der Waals surface area contributed by atoms with Crippen LogP contribution in [0.15, 0.2) is 0 Å². The van der Waals surface area contributed by atoms with Crippen LogP contribution in [0, 0.1) is 11.3 Å². The Kier molecular flexibility index (Phi) is 7.38. The van der Waals surface area contributed by atoms with Gasteiger partial charge in [-0.05, 0) is 53.6 Å². The summed E-state index contributed by atoms with van der Waals surface area (Å²) in [4.78, 5) is 1.26. The number of nitrogens with one attached hydrogen (secondary N) is 1. The zero-order valence-electron chi connectivity index (χ0n) is 12.1. The molecule has 0 aliphatic rings. The fourth-order valence-electron chi connectivity index (χ4n) is 2.04. The number of alkyl halides is 3. The molecule has 0 amide bonds. The Morgan fingerprint density at radius 3 is 2.26 bits per heavy atom. The SMILES string of the molecule is CC(C)NC(C)(C#N)CCCCN(C)CC(F)(F)F. The van der Waals surface area contributed by atoms with E-state index in [0.717, 1.165) is 6.42 Å². The number of nitriles is 1. The average Bonchev–Trinajstić information content (AvgIpc) is 2.21. The molecule has 112 valence electrons. The molecule has 0 radical (unpaired) electrons. The third kappa shape index (κ3) is 9.74. The van der Waals surface area contributed by atoms with Gasteiger partial charge in [0.15, 0.2) is 0 Å². The molecule has 3 nitrogen and oxygen atoms in total. The van der Waals surface area contributed by atoms with Gasteiger partial charge in [-0.15, -0.1) is 0 Å². The third-order valence-corrected chi connectivity index (χ3v) is 2.77. The number of hydrogen-bond acceptors (Lipinski definition) is 3. The summed E-state index contributed by atoms with van der Waals surface area (Å²) in [7, 11) is 1.46. The first-order chi connectivity index (χ1) is 8.58. The molecule has 0 fully saturated rings. The van der Waals surface area contributed by atoms with Gasteiger partial charge in [-0.25, -0.2) is 0 Å². The highest BCUT2D eigenvalue weighted by atomic mass is 19.4. The van der Waals surface area contributed by atoms with E-state index in [1.807, 2.05) is 20.8 Å². The summed E-state index contributed by atoms with van der Waals surface area (Å²) in [6, 6.07) is 2.44. The Labute approximate surface area is 113 Å². The molecule has 0 aromatic carbocycles. The van der Waals surface area contributed by atoms with Crippen molar-refractivity contribution in [2.75, 3.05) is 20.1 Å². The van der Waals surface area contributed by atoms with E-state index >= 15 is 0 Å². The van der Waals surface area contributed by atoms with Gasteiger partial charge in [-0.3, -0.25) is 10.2 Å². The van der Waals surface area contributed by atoms with E-state index in [2.05, 4.69) is 11.4 Å². The molecule has 0 aliphatic heterocycles. The van der Waals surface area contributed by atoms with Gasteiger partial charge in [0.2, 0.25) is 0 Å². The van der Waals surface area contributed by atoms with Crippen LogP contribution in [0.25, 0.3) is 0 Å². The van der Waals surface area contributed by atoms with E-state index in [-0.39, 0.29) is 6.04 Å². The minimum atomic E-state index is -4.14. The van der Waals surface area contributed by atoms with E-state index < -0.39 is 18.3 Å². The van der Waals surface area contributed by atoms with Crippen LogP contribution in [0.1, 0.15) is 40.0 Å². The quantitative estimate of drug-likeness (QED) is 0.694. The summed E-state index contributed by atoms with van der Waals surface area (Å²) in [5.41, 5.74) is -0.600. The molecule has 1 atom stereocenters. The molecule has 0 rings (SSSR count). The van der Waals surface area contributed by atoms with Crippen LogP contribution in [0.5, 0.6) is 0 Å². The van der Waals surface area contributed by atoms with Crippen molar-refractivity contribution < 1.29 is 13.2 Å². The highest BCUT2D eigenvalue weighted by Gasteiger charge is 2.29. The van der Waals surface area contributed by atoms with Gasteiger partial charge in [-0.1, -0.05) is 0 Å². The minimum absolute atomic E-state index is 0.206. The van der Waals surface area contributed by atoms with E-state index in [9.17, 15) is 13.2 Å². The van der Waals surface area contributed by atoms with Crippen LogP contribution in [0.4, 0.5) is 13.2 Å². The van der Waals surface area contributed by atoms with Crippen LogP contribution in [0.3, 0.4) is 0 Å². The lowest BCUT2D eigenvalue weighted by molar-refractivity contribution is -0.143. The van der Waals surface area contributed by atoms with Gasteiger partial charge in [-0.2, -0.15) is 18.4 Å². The summed E-state index contributed by atoms with van der Waals surface area (Å²) < 4.78 is 36.3. The Bertz CT molecular complexity index is 296. The van der Waals surface area contributed by atoms with Gasteiger partial charge in [0.25, 0.3) is 0 Å². The van der Waals surface area contributed by atoms with Crippen molar-refractivity contribution in [3.63, 3.8) is 0 Å². The monoisotopic (exact) mass is 279 g/mol. The first kappa shape index (κ1) is 18.2. The van der Waals surface area contributed by atoms with Crippen molar-refractivity contribution in [1.82, 2.24) is 10.2 Å². The van der Waals surface area contributed by atoms with E-state index in [0.29, 0.717) is 19.4 Å². The highest BCUT2D eigenvalue weighted by molar-refractivity contribution is 5.04. The van der Waals surface area contributed by atoms with Gasteiger partial charge >= 0.3 is 6.18 Å². The van der Waals surface area contributed by atoms with Crippen LogP contribution in [0.2, 0.25) is 0 Å². The molecule has 1 N–H and O–H groups in total. The second-order valence-corrected chi connectivity index (χ2v) is 5.55.